The van der Waals surface area contributed by atoms with Gasteiger partial charge in [0.1, 0.15) is 12.2 Å². The summed E-state index contributed by atoms with van der Waals surface area (Å²) < 4.78 is 7.64. The van der Waals surface area contributed by atoms with Crippen molar-refractivity contribution in [2.24, 2.45) is 0 Å². The molecule has 0 aromatic carbocycles. The molecular formula is C23H30N10O. The second-order valence-corrected chi connectivity index (χ2v) is 9.29. The quantitative estimate of drug-likeness (QED) is 0.538. The Morgan fingerprint density at radius 1 is 1.00 bits per heavy atom. The third-order valence-corrected chi connectivity index (χ3v) is 6.72. The van der Waals surface area contributed by atoms with Crippen LogP contribution in [0.4, 0.5) is 17.6 Å². The number of nitrogens with zero attached hydrogens (tertiary/aromatic N) is 8. The minimum atomic E-state index is 0.137. The zero-order valence-electron chi connectivity index (χ0n) is 19.2. The van der Waals surface area contributed by atoms with Gasteiger partial charge in [-0.3, -0.25) is 4.68 Å². The summed E-state index contributed by atoms with van der Waals surface area (Å²) in [7, 11) is 0. The van der Waals surface area contributed by atoms with E-state index in [1.165, 1.54) is 18.4 Å². The maximum atomic E-state index is 5.76. The van der Waals surface area contributed by atoms with E-state index in [0.29, 0.717) is 24.3 Å². The lowest BCUT2D eigenvalue weighted by Gasteiger charge is -2.31. The average molecular weight is 463 g/mol. The Balaban J connectivity index is 1.04. The van der Waals surface area contributed by atoms with Gasteiger partial charge >= 0.3 is 0 Å². The molecule has 1 atom stereocenters. The molecule has 2 saturated heterocycles. The van der Waals surface area contributed by atoms with Crippen LogP contribution < -0.4 is 15.5 Å². The van der Waals surface area contributed by atoms with E-state index in [2.05, 4.69) is 40.6 Å². The number of hydrogen-bond acceptors (Lipinski definition) is 10. The first kappa shape index (κ1) is 21.4. The second-order valence-electron chi connectivity index (χ2n) is 9.29. The van der Waals surface area contributed by atoms with Crippen LogP contribution in [-0.4, -0.2) is 73.6 Å². The number of hydrogen-bond donors (Lipinski definition) is 2. The lowest BCUT2D eigenvalue weighted by atomic mass is 9.96. The van der Waals surface area contributed by atoms with E-state index in [1.54, 1.807) is 12.5 Å². The molecule has 178 valence electrons. The summed E-state index contributed by atoms with van der Waals surface area (Å²) in [6.07, 6.45) is 13.9. The molecule has 6 rings (SSSR count). The Labute approximate surface area is 198 Å². The predicted molar refractivity (Wildman–Crippen MR) is 126 cm³/mol. The topological polar surface area (TPSA) is 119 Å². The number of rotatable bonds is 7. The lowest BCUT2D eigenvalue weighted by molar-refractivity contribution is 0.0161. The van der Waals surface area contributed by atoms with E-state index in [1.807, 2.05) is 23.3 Å². The van der Waals surface area contributed by atoms with Crippen LogP contribution in [0.25, 0.3) is 0 Å². The molecule has 0 spiro atoms. The van der Waals surface area contributed by atoms with Gasteiger partial charge in [-0.1, -0.05) is 0 Å². The van der Waals surface area contributed by atoms with E-state index in [-0.39, 0.29) is 6.10 Å². The highest BCUT2D eigenvalue weighted by molar-refractivity contribution is 5.50. The molecule has 0 amide bonds. The molecule has 2 N–H and O–H groups in total. The van der Waals surface area contributed by atoms with Gasteiger partial charge in [0.25, 0.3) is 0 Å². The summed E-state index contributed by atoms with van der Waals surface area (Å²) in [6.45, 7) is 4.99. The van der Waals surface area contributed by atoms with Crippen molar-refractivity contribution in [1.82, 2.24) is 40.0 Å². The summed E-state index contributed by atoms with van der Waals surface area (Å²) in [5.74, 6) is 3.18. The normalized spacial score (nSPS) is 21.5. The summed E-state index contributed by atoms with van der Waals surface area (Å²) in [4.78, 5) is 24.9. The molecule has 3 aromatic rings. The molecule has 0 radical (unpaired) electrons. The molecule has 3 aliphatic rings. The Kier molecular flexibility index (Phi) is 6.02. The van der Waals surface area contributed by atoms with Crippen molar-refractivity contribution in [2.75, 3.05) is 43.0 Å². The minimum Gasteiger partial charge on any atom is -0.374 e. The largest absolute Gasteiger partial charge is 0.374 e. The maximum absolute atomic E-state index is 5.76. The van der Waals surface area contributed by atoms with Crippen LogP contribution in [0.5, 0.6) is 0 Å². The Bertz CT molecular complexity index is 1090. The molecule has 3 fully saturated rings. The fraction of sp³-hybridized carbons (Fsp3) is 0.565. The first-order valence-electron chi connectivity index (χ1n) is 12.2. The Morgan fingerprint density at radius 3 is 2.62 bits per heavy atom. The summed E-state index contributed by atoms with van der Waals surface area (Å²) in [5, 5.41) is 11.0. The van der Waals surface area contributed by atoms with Gasteiger partial charge in [0, 0.05) is 50.7 Å². The highest BCUT2D eigenvalue weighted by Gasteiger charge is 2.27. The van der Waals surface area contributed by atoms with Crippen molar-refractivity contribution in [3.05, 3.63) is 42.5 Å². The smallest absolute Gasteiger partial charge is 0.230 e. The van der Waals surface area contributed by atoms with Crippen LogP contribution in [0.1, 0.15) is 48.9 Å². The van der Waals surface area contributed by atoms with E-state index < -0.39 is 0 Å². The SMILES string of the molecule is c1nc(Nc2cnn(CC3CNCCO3)c2)nc(C2CCN(c3ncc(C4CC4)cn3)CC2)n1. The molecule has 5 heterocycles. The first-order chi connectivity index (χ1) is 16.8. The number of ether oxygens (including phenoxy) is 1. The average Bonchev–Trinajstić information content (AvgIpc) is 3.66. The number of morpholine rings is 1. The van der Waals surface area contributed by atoms with Gasteiger partial charge < -0.3 is 20.3 Å². The standard InChI is InChI=1S/C23H30N10O/c1-2-16(1)18-9-25-23(26-10-18)32-6-3-17(4-7-32)21-27-15-28-22(31-21)30-19-11-29-33(13-19)14-20-12-24-5-8-34-20/h9-11,13,15-17,20,24H,1-8,12,14H2,(H,27,28,30,31). The molecule has 1 saturated carbocycles. The van der Waals surface area contributed by atoms with Crippen molar-refractivity contribution in [3.8, 4) is 0 Å². The van der Waals surface area contributed by atoms with Crippen LogP contribution >= 0.6 is 0 Å². The summed E-state index contributed by atoms with van der Waals surface area (Å²) >= 11 is 0. The summed E-state index contributed by atoms with van der Waals surface area (Å²) in [6, 6.07) is 0. The third kappa shape index (κ3) is 5.00. The van der Waals surface area contributed by atoms with Crippen LogP contribution in [0.2, 0.25) is 0 Å². The number of piperidine rings is 1. The van der Waals surface area contributed by atoms with Gasteiger partial charge in [0.15, 0.2) is 0 Å². The second kappa shape index (κ2) is 9.59. The van der Waals surface area contributed by atoms with Gasteiger partial charge in [-0.25, -0.2) is 19.9 Å². The van der Waals surface area contributed by atoms with Gasteiger partial charge in [-0.15, -0.1) is 0 Å². The zero-order chi connectivity index (χ0) is 22.7. The summed E-state index contributed by atoms with van der Waals surface area (Å²) in [5.41, 5.74) is 2.12. The van der Waals surface area contributed by atoms with Crippen LogP contribution in [0.15, 0.2) is 31.1 Å². The molecule has 1 unspecified atom stereocenters. The molecule has 0 bridgehead atoms. The van der Waals surface area contributed by atoms with Crippen molar-refractivity contribution >= 4 is 17.6 Å². The van der Waals surface area contributed by atoms with Gasteiger partial charge in [0.2, 0.25) is 11.9 Å². The zero-order valence-corrected chi connectivity index (χ0v) is 19.2. The molecule has 11 heteroatoms. The fourth-order valence-electron chi connectivity index (χ4n) is 4.63. The number of anilines is 3. The molecular weight excluding hydrogens is 432 g/mol. The van der Waals surface area contributed by atoms with Crippen molar-refractivity contribution in [2.45, 2.75) is 50.2 Å². The number of nitrogens with one attached hydrogen (secondary N) is 2. The minimum absolute atomic E-state index is 0.137. The maximum Gasteiger partial charge on any atom is 0.230 e. The molecule has 2 aliphatic heterocycles. The van der Waals surface area contributed by atoms with Gasteiger partial charge in [0.05, 0.1) is 31.1 Å². The van der Waals surface area contributed by atoms with E-state index in [4.69, 9.17) is 9.72 Å². The predicted octanol–water partition coefficient (Wildman–Crippen LogP) is 1.85. The van der Waals surface area contributed by atoms with E-state index >= 15 is 0 Å². The monoisotopic (exact) mass is 462 g/mol. The molecule has 34 heavy (non-hydrogen) atoms. The molecule has 1 aliphatic carbocycles. The van der Waals surface area contributed by atoms with Crippen molar-refractivity contribution in [1.29, 1.82) is 0 Å². The Hall–Kier alpha value is -3.18. The molecule has 3 aromatic heterocycles. The van der Waals surface area contributed by atoms with Crippen molar-refractivity contribution < 1.29 is 4.74 Å². The highest BCUT2D eigenvalue weighted by Crippen LogP contribution is 2.39. The lowest BCUT2D eigenvalue weighted by Crippen LogP contribution is -2.40. The third-order valence-electron chi connectivity index (χ3n) is 6.72. The van der Waals surface area contributed by atoms with Crippen LogP contribution in [0.3, 0.4) is 0 Å². The number of aromatic nitrogens is 7. The van der Waals surface area contributed by atoms with Crippen LogP contribution in [0, 0.1) is 0 Å². The van der Waals surface area contributed by atoms with Crippen molar-refractivity contribution in [3.63, 3.8) is 0 Å². The Morgan fingerprint density at radius 2 is 1.85 bits per heavy atom. The first-order valence-corrected chi connectivity index (χ1v) is 12.2. The van der Waals surface area contributed by atoms with Crippen LogP contribution in [-0.2, 0) is 11.3 Å². The van der Waals surface area contributed by atoms with E-state index in [0.717, 1.165) is 63.1 Å². The molecule has 11 nitrogen and oxygen atoms in total. The van der Waals surface area contributed by atoms with Gasteiger partial charge in [-0.2, -0.15) is 10.1 Å². The van der Waals surface area contributed by atoms with E-state index in [9.17, 15) is 0 Å². The van der Waals surface area contributed by atoms with Gasteiger partial charge in [-0.05, 0) is 37.2 Å². The highest BCUT2D eigenvalue weighted by atomic mass is 16.5. The fourth-order valence-corrected chi connectivity index (χ4v) is 4.63.